The molecule has 1 aliphatic heterocycles. The third kappa shape index (κ3) is 3.73. The zero-order chi connectivity index (χ0) is 21.5. The number of amides is 1. The molecular formula is C21H22ClN3O3S2. The number of carbonyl (C=O) groups excluding carboxylic acids is 1. The van der Waals surface area contributed by atoms with Crippen LogP contribution in [0, 0.1) is 6.92 Å². The van der Waals surface area contributed by atoms with Crippen molar-refractivity contribution in [2.24, 2.45) is 4.99 Å². The number of aromatic nitrogens is 1. The molecule has 1 amide bonds. The van der Waals surface area contributed by atoms with Gasteiger partial charge in [0.05, 0.1) is 15.1 Å². The number of benzene rings is 2. The van der Waals surface area contributed by atoms with Crippen molar-refractivity contribution in [3.05, 3.63) is 57.3 Å². The highest BCUT2D eigenvalue weighted by Gasteiger charge is 2.27. The van der Waals surface area contributed by atoms with Crippen molar-refractivity contribution >= 4 is 49.1 Å². The molecule has 158 valence electrons. The first kappa shape index (κ1) is 21.2. The summed E-state index contributed by atoms with van der Waals surface area (Å²) < 4.78 is 29.8. The van der Waals surface area contributed by atoms with E-state index in [1.54, 1.807) is 0 Å². The van der Waals surface area contributed by atoms with Crippen molar-refractivity contribution < 1.29 is 13.2 Å². The van der Waals surface area contributed by atoms with E-state index in [1.807, 2.05) is 30.5 Å². The standard InChI is InChI=1S/C21H22ClN3O3S2/c1-3-25-19-14(2)17(22)10-11-18(19)29-21(25)23-20(26)15-6-8-16(9-7-15)30(27,28)24-12-4-5-13-24/h6-11H,3-5,12-13H2,1-2H3. The maximum Gasteiger partial charge on any atom is 0.279 e. The quantitative estimate of drug-likeness (QED) is 0.581. The molecular weight excluding hydrogens is 442 g/mol. The molecule has 0 atom stereocenters. The fourth-order valence-electron chi connectivity index (χ4n) is 3.69. The molecule has 0 radical (unpaired) electrons. The number of thiazole rings is 1. The lowest BCUT2D eigenvalue weighted by Crippen LogP contribution is -2.27. The predicted molar refractivity (Wildman–Crippen MR) is 120 cm³/mol. The van der Waals surface area contributed by atoms with Crippen LogP contribution < -0.4 is 4.80 Å². The van der Waals surface area contributed by atoms with Crippen molar-refractivity contribution in [1.82, 2.24) is 8.87 Å². The van der Waals surface area contributed by atoms with Crippen LogP contribution in [0.3, 0.4) is 0 Å². The molecule has 4 rings (SSSR count). The Morgan fingerprint density at radius 3 is 2.43 bits per heavy atom. The second kappa shape index (κ2) is 8.26. The summed E-state index contributed by atoms with van der Waals surface area (Å²) in [5.41, 5.74) is 2.29. The van der Waals surface area contributed by atoms with E-state index >= 15 is 0 Å². The number of hydrogen-bond acceptors (Lipinski definition) is 4. The van der Waals surface area contributed by atoms with E-state index in [4.69, 9.17) is 11.6 Å². The number of hydrogen-bond donors (Lipinski definition) is 0. The molecule has 2 heterocycles. The van der Waals surface area contributed by atoms with Gasteiger partial charge in [-0.15, -0.1) is 0 Å². The lowest BCUT2D eigenvalue weighted by molar-refractivity contribution is 0.0997. The molecule has 1 aromatic heterocycles. The van der Waals surface area contributed by atoms with Crippen LogP contribution in [0.2, 0.25) is 5.02 Å². The summed E-state index contributed by atoms with van der Waals surface area (Å²) in [4.78, 5) is 17.9. The number of fused-ring (bicyclic) bond motifs is 1. The van der Waals surface area contributed by atoms with Gasteiger partial charge in [0, 0.05) is 30.2 Å². The topological polar surface area (TPSA) is 71.7 Å². The minimum Gasteiger partial charge on any atom is -0.316 e. The van der Waals surface area contributed by atoms with Gasteiger partial charge in [-0.05, 0) is 68.7 Å². The third-order valence-corrected chi connectivity index (χ3v) is 8.71. The SMILES string of the molecule is CCn1c(=NC(=O)c2ccc(S(=O)(=O)N3CCCC3)cc2)sc2ccc(Cl)c(C)c21. The molecule has 9 heteroatoms. The summed E-state index contributed by atoms with van der Waals surface area (Å²) in [7, 11) is -3.50. The number of rotatable bonds is 4. The fraction of sp³-hybridized carbons (Fsp3) is 0.333. The minimum atomic E-state index is -3.50. The maximum absolute atomic E-state index is 12.8. The third-order valence-electron chi connectivity index (χ3n) is 5.35. The summed E-state index contributed by atoms with van der Waals surface area (Å²) in [6, 6.07) is 9.81. The van der Waals surface area contributed by atoms with Crippen LogP contribution in [0.4, 0.5) is 0 Å². The Morgan fingerprint density at radius 1 is 1.13 bits per heavy atom. The molecule has 1 aliphatic rings. The number of carbonyl (C=O) groups is 1. The Bertz CT molecular complexity index is 1290. The largest absolute Gasteiger partial charge is 0.316 e. The second-order valence-electron chi connectivity index (χ2n) is 7.20. The second-order valence-corrected chi connectivity index (χ2v) is 10.6. The van der Waals surface area contributed by atoms with Gasteiger partial charge in [-0.3, -0.25) is 4.79 Å². The monoisotopic (exact) mass is 463 g/mol. The molecule has 30 heavy (non-hydrogen) atoms. The summed E-state index contributed by atoms with van der Waals surface area (Å²) >= 11 is 7.70. The normalized spacial score (nSPS) is 15.9. The van der Waals surface area contributed by atoms with Crippen LogP contribution in [-0.4, -0.2) is 36.3 Å². The first-order valence-corrected chi connectivity index (χ1v) is 12.4. The van der Waals surface area contributed by atoms with Gasteiger partial charge in [-0.25, -0.2) is 8.42 Å². The van der Waals surface area contributed by atoms with Crippen molar-refractivity contribution in [2.45, 2.75) is 38.1 Å². The highest BCUT2D eigenvalue weighted by molar-refractivity contribution is 7.89. The van der Waals surface area contributed by atoms with Gasteiger partial charge in [0.15, 0.2) is 4.80 Å². The summed E-state index contributed by atoms with van der Waals surface area (Å²) in [5.74, 6) is -0.405. The summed E-state index contributed by atoms with van der Waals surface area (Å²) in [6.45, 7) is 5.69. The molecule has 0 spiro atoms. The van der Waals surface area contributed by atoms with E-state index in [1.165, 1.54) is 39.9 Å². The molecule has 0 saturated carbocycles. The van der Waals surface area contributed by atoms with Gasteiger partial charge >= 0.3 is 0 Å². The first-order chi connectivity index (χ1) is 14.3. The van der Waals surface area contributed by atoms with Crippen LogP contribution >= 0.6 is 22.9 Å². The molecule has 3 aromatic rings. The smallest absolute Gasteiger partial charge is 0.279 e. The molecule has 2 aromatic carbocycles. The van der Waals surface area contributed by atoms with Gasteiger partial charge < -0.3 is 4.57 Å². The molecule has 0 unspecified atom stereocenters. The lowest BCUT2D eigenvalue weighted by Gasteiger charge is -2.15. The van der Waals surface area contributed by atoms with Crippen LogP contribution in [-0.2, 0) is 16.6 Å². The average molecular weight is 464 g/mol. The predicted octanol–water partition coefficient (Wildman–Crippen LogP) is 4.21. The molecule has 0 aliphatic carbocycles. The number of sulfonamides is 1. The van der Waals surface area contributed by atoms with Crippen LogP contribution in [0.25, 0.3) is 10.2 Å². The van der Waals surface area contributed by atoms with Gasteiger partial charge in [0.25, 0.3) is 5.91 Å². The highest BCUT2D eigenvalue weighted by Crippen LogP contribution is 2.27. The van der Waals surface area contributed by atoms with E-state index in [2.05, 4.69) is 4.99 Å². The fourth-order valence-corrected chi connectivity index (χ4v) is 6.51. The van der Waals surface area contributed by atoms with Crippen molar-refractivity contribution in [3.8, 4) is 0 Å². The Kier molecular flexibility index (Phi) is 5.85. The summed E-state index contributed by atoms with van der Waals surface area (Å²) in [6.07, 6.45) is 1.76. The van der Waals surface area contributed by atoms with Crippen molar-refractivity contribution in [1.29, 1.82) is 0 Å². The minimum absolute atomic E-state index is 0.205. The van der Waals surface area contributed by atoms with E-state index in [0.29, 0.717) is 35.0 Å². The van der Waals surface area contributed by atoms with E-state index < -0.39 is 15.9 Å². The van der Waals surface area contributed by atoms with E-state index in [-0.39, 0.29) is 4.90 Å². The summed E-state index contributed by atoms with van der Waals surface area (Å²) in [5, 5.41) is 0.676. The highest BCUT2D eigenvalue weighted by atomic mass is 35.5. The Balaban J connectivity index is 1.69. The Hall–Kier alpha value is -2.00. The van der Waals surface area contributed by atoms with Crippen LogP contribution in [0.1, 0.15) is 35.7 Å². The number of halogens is 1. The zero-order valence-electron chi connectivity index (χ0n) is 16.8. The van der Waals surface area contributed by atoms with Gasteiger partial charge in [-0.1, -0.05) is 22.9 Å². The Labute approximate surface area is 184 Å². The molecule has 0 N–H and O–H groups in total. The van der Waals surface area contributed by atoms with Gasteiger partial charge in [-0.2, -0.15) is 9.30 Å². The van der Waals surface area contributed by atoms with E-state index in [9.17, 15) is 13.2 Å². The zero-order valence-corrected chi connectivity index (χ0v) is 19.1. The van der Waals surface area contributed by atoms with Gasteiger partial charge in [0.2, 0.25) is 10.0 Å². The Morgan fingerprint density at radius 2 is 1.80 bits per heavy atom. The number of nitrogens with zero attached hydrogens (tertiary/aromatic N) is 3. The van der Waals surface area contributed by atoms with Crippen molar-refractivity contribution in [2.75, 3.05) is 13.1 Å². The van der Waals surface area contributed by atoms with E-state index in [0.717, 1.165) is 28.6 Å². The number of aryl methyl sites for hydroxylation is 2. The van der Waals surface area contributed by atoms with Crippen LogP contribution in [0.5, 0.6) is 0 Å². The average Bonchev–Trinajstić information content (AvgIpc) is 3.39. The first-order valence-electron chi connectivity index (χ1n) is 9.80. The maximum atomic E-state index is 12.8. The van der Waals surface area contributed by atoms with Crippen molar-refractivity contribution in [3.63, 3.8) is 0 Å². The van der Waals surface area contributed by atoms with Crippen LogP contribution in [0.15, 0.2) is 46.3 Å². The lowest BCUT2D eigenvalue weighted by atomic mass is 10.2. The molecule has 0 bridgehead atoms. The molecule has 1 saturated heterocycles. The molecule has 6 nitrogen and oxygen atoms in total. The van der Waals surface area contributed by atoms with Gasteiger partial charge in [0.1, 0.15) is 0 Å². The molecule has 1 fully saturated rings.